The zero-order chi connectivity index (χ0) is 20.8. The van der Waals surface area contributed by atoms with Crippen molar-refractivity contribution in [1.29, 1.82) is 0 Å². The molecule has 4 heterocycles. The lowest BCUT2D eigenvalue weighted by atomic mass is 10.0. The SMILES string of the molecule is C=C1C=Nc2ccc(Sc3nc(N4CC[C@H](N)C4)c4c(Cl)c(CC)[nH]c4n3)cc2C1. The van der Waals surface area contributed by atoms with Crippen LogP contribution in [0.5, 0.6) is 0 Å². The largest absolute Gasteiger partial charge is 0.354 e. The number of aromatic amines is 1. The van der Waals surface area contributed by atoms with Gasteiger partial charge in [-0.05, 0) is 53.9 Å². The van der Waals surface area contributed by atoms with Gasteiger partial charge in [-0.2, -0.15) is 0 Å². The standard InChI is InChI=1S/C22H23ClN6S/c1-3-16-19(23)18-20(26-16)27-22(28-21(18)29-7-6-14(24)11-29)30-15-4-5-17-13(9-15)8-12(2)10-25-17/h4-5,9-10,14H,2-3,6-8,11,24H2,1H3,(H,26,27,28)/t14-/m0/s1. The number of nitrogens with zero attached hydrogens (tertiary/aromatic N) is 4. The zero-order valence-corrected chi connectivity index (χ0v) is 18.4. The molecule has 30 heavy (non-hydrogen) atoms. The van der Waals surface area contributed by atoms with E-state index in [0.29, 0.717) is 10.2 Å². The molecule has 6 nitrogen and oxygen atoms in total. The highest BCUT2D eigenvalue weighted by atomic mass is 35.5. The molecule has 154 valence electrons. The first-order valence-electron chi connectivity index (χ1n) is 10.1. The Hall–Kier alpha value is -2.35. The highest BCUT2D eigenvalue weighted by Crippen LogP contribution is 2.38. The van der Waals surface area contributed by atoms with Gasteiger partial charge in [-0.3, -0.25) is 4.99 Å². The fourth-order valence-electron chi connectivity index (χ4n) is 4.02. The van der Waals surface area contributed by atoms with Crippen LogP contribution in [0.4, 0.5) is 11.5 Å². The van der Waals surface area contributed by atoms with Crippen LogP contribution in [0.1, 0.15) is 24.6 Å². The van der Waals surface area contributed by atoms with Crippen molar-refractivity contribution in [3.05, 3.63) is 46.6 Å². The summed E-state index contributed by atoms with van der Waals surface area (Å²) in [6, 6.07) is 6.41. The van der Waals surface area contributed by atoms with Crippen LogP contribution in [0.15, 0.2) is 45.4 Å². The summed E-state index contributed by atoms with van der Waals surface area (Å²) in [5.74, 6) is 0.868. The van der Waals surface area contributed by atoms with Gasteiger partial charge in [-0.1, -0.05) is 25.1 Å². The Morgan fingerprint density at radius 2 is 2.23 bits per heavy atom. The first-order chi connectivity index (χ1) is 14.5. The molecule has 1 saturated heterocycles. The summed E-state index contributed by atoms with van der Waals surface area (Å²) in [5, 5.41) is 2.30. The topological polar surface area (TPSA) is 83.2 Å². The van der Waals surface area contributed by atoms with E-state index in [1.165, 1.54) is 5.56 Å². The number of nitrogens with one attached hydrogen (secondary N) is 1. The number of rotatable bonds is 4. The van der Waals surface area contributed by atoms with Crippen LogP contribution < -0.4 is 10.6 Å². The Morgan fingerprint density at radius 1 is 1.37 bits per heavy atom. The van der Waals surface area contributed by atoms with Gasteiger partial charge < -0.3 is 15.6 Å². The van der Waals surface area contributed by atoms with Crippen molar-refractivity contribution in [3.8, 4) is 0 Å². The number of allylic oxidation sites excluding steroid dienone is 1. The minimum absolute atomic E-state index is 0.156. The third-order valence-corrected chi connectivity index (χ3v) is 6.84. The van der Waals surface area contributed by atoms with Crippen molar-refractivity contribution in [1.82, 2.24) is 15.0 Å². The van der Waals surface area contributed by atoms with Gasteiger partial charge in [0, 0.05) is 42.4 Å². The van der Waals surface area contributed by atoms with Crippen LogP contribution >= 0.6 is 23.4 Å². The van der Waals surface area contributed by atoms with E-state index in [4.69, 9.17) is 27.3 Å². The number of benzene rings is 1. The summed E-state index contributed by atoms with van der Waals surface area (Å²) in [7, 11) is 0. The van der Waals surface area contributed by atoms with E-state index in [2.05, 4.69) is 40.5 Å². The number of anilines is 1. The fraction of sp³-hybridized carbons (Fsp3) is 0.318. The van der Waals surface area contributed by atoms with Gasteiger partial charge in [-0.25, -0.2) is 9.97 Å². The third-order valence-electron chi connectivity index (χ3n) is 5.56. The Balaban J connectivity index is 1.56. The van der Waals surface area contributed by atoms with E-state index >= 15 is 0 Å². The highest BCUT2D eigenvalue weighted by molar-refractivity contribution is 7.99. The molecule has 5 rings (SSSR count). The number of aromatic nitrogens is 3. The quantitative estimate of drug-likeness (QED) is 0.578. The highest BCUT2D eigenvalue weighted by Gasteiger charge is 2.26. The van der Waals surface area contributed by atoms with Crippen molar-refractivity contribution >= 4 is 52.1 Å². The second-order valence-electron chi connectivity index (χ2n) is 7.81. The molecular formula is C22H23ClN6S. The van der Waals surface area contributed by atoms with Gasteiger partial charge in [0.2, 0.25) is 0 Å². The predicted molar refractivity (Wildman–Crippen MR) is 125 cm³/mol. The van der Waals surface area contributed by atoms with Gasteiger partial charge in [0.15, 0.2) is 5.16 Å². The molecule has 1 fully saturated rings. The van der Waals surface area contributed by atoms with Crippen LogP contribution in [-0.2, 0) is 12.8 Å². The van der Waals surface area contributed by atoms with E-state index in [1.54, 1.807) is 11.8 Å². The molecule has 0 radical (unpaired) electrons. The number of aliphatic imine (C=N–C) groups is 1. The maximum atomic E-state index is 6.69. The molecule has 3 N–H and O–H groups in total. The number of nitrogens with two attached hydrogens (primary N) is 1. The number of H-pyrrole nitrogens is 1. The molecule has 0 saturated carbocycles. The second-order valence-corrected chi connectivity index (χ2v) is 9.22. The lowest BCUT2D eigenvalue weighted by Crippen LogP contribution is -2.27. The first-order valence-corrected chi connectivity index (χ1v) is 11.3. The fourth-order valence-corrected chi connectivity index (χ4v) is 5.19. The second kappa shape index (κ2) is 7.72. The van der Waals surface area contributed by atoms with Crippen LogP contribution in [0, 0.1) is 0 Å². The maximum Gasteiger partial charge on any atom is 0.196 e. The molecule has 2 aliphatic heterocycles. The maximum absolute atomic E-state index is 6.69. The van der Waals surface area contributed by atoms with Crippen molar-refractivity contribution < 1.29 is 0 Å². The molecule has 1 atom stereocenters. The molecule has 0 amide bonds. The molecule has 0 unspecified atom stereocenters. The Kier molecular flexibility index (Phi) is 5.05. The van der Waals surface area contributed by atoms with Crippen LogP contribution in [0.3, 0.4) is 0 Å². The van der Waals surface area contributed by atoms with Crippen molar-refractivity contribution in [2.45, 2.75) is 42.3 Å². The lowest BCUT2D eigenvalue weighted by Gasteiger charge is -2.19. The van der Waals surface area contributed by atoms with Crippen LogP contribution in [0.25, 0.3) is 11.0 Å². The average molecular weight is 439 g/mol. The number of aryl methyl sites for hydroxylation is 1. The summed E-state index contributed by atoms with van der Waals surface area (Å²) in [4.78, 5) is 20.8. The van der Waals surface area contributed by atoms with Gasteiger partial charge in [0.25, 0.3) is 0 Å². The minimum Gasteiger partial charge on any atom is -0.354 e. The van der Waals surface area contributed by atoms with Crippen molar-refractivity contribution in [2.75, 3.05) is 18.0 Å². The van der Waals surface area contributed by atoms with E-state index in [1.807, 2.05) is 12.3 Å². The molecule has 0 aliphatic carbocycles. The number of hydrogen-bond donors (Lipinski definition) is 2. The zero-order valence-electron chi connectivity index (χ0n) is 16.8. The van der Waals surface area contributed by atoms with E-state index in [0.717, 1.165) is 71.1 Å². The molecule has 3 aromatic rings. The van der Waals surface area contributed by atoms with E-state index in [9.17, 15) is 0 Å². The summed E-state index contributed by atoms with van der Waals surface area (Å²) in [6.45, 7) is 7.76. The molecule has 8 heteroatoms. The summed E-state index contributed by atoms with van der Waals surface area (Å²) >= 11 is 8.23. The monoisotopic (exact) mass is 438 g/mol. The number of fused-ring (bicyclic) bond motifs is 2. The Bertz CT molecular complexity index is 1180. The van der Waals surface area contributed by atoms with Gasteiger partial charge in [-0.15, -0.1) is 0 Å². The predicted octanol–water partition coefficient (Wildman–Crippen LogP) is 4.68. The van der Waals surface area contributed by atoms with Crippen LogP contribution in [-0.4, -0.2) is 40.3 Å². The molecular weight excluding hydrogens is 416 g/mol. The summed E-state index contributed by atoms with van der Waals surface area (Å²) in [5.41, 5.74) is 11.1. The average Bonchev–Trinajstić information content (AvgIpc) is 3.30. The molecule has 1 aromatic carbocycles. The van der Waals surface area contributed by atoms with Gasteiger partial charge in [0.05, 0.1) is 16.1 Å². The molecule has 2 aliphatic rings. The molecule has 0 spiro atoms. The Morgan fingerprint density at radius 3 is 3.00 bits per heavy atom. The van der Waals surface area contributed by atoms with E-state index in [-0.39, 0.29) is 6.04 Å². The first kappa shape index (κ1) is 19.6. The number of hydrogen-bond acceptors (Lipinski definition) is 6. The van der Waals surface area contributed by atoms with Gasteiger partial charge >= 0.3 is 0 Å². The minimum atomic E-state index is 0.156. The van der Waals surface area contributed by atoms with Crippen LogP contribution in [0.2, 0.25) is 5.02 Å². The van der Waals surface area contributed by atoms with Crippen molar-refractivity contribution in [2.24, 2.45) is 10.7 Å². The normalized spacial score (nSPS) is 18.4. The van der Waals surface area contributed by atoms with E-state index < -0.39 is 0 Å². The third kappa shape index (κ3) is 3.51. The smallest absolute Gasteiger partial charge is 0.196 e. The number of halogens is 1. The van der Waals surface area contributed by atoms with Crippen molar-refractivity contribution in [3.63, 3.8) is 0 Å². The summed E-state index contributed by atoms with van der Waals surface area (Å²) in [6.07, 6.45) is 4.41. The molecule has 2 aromatic heterocycles. The van der Waals surface area contributed by atoms with Gasteiger partial charge in [0.1, 0.15) is 11.5 Å². The lowest BCUT2D eigenvalue weighted by molar-refractivity contribution is 0.751. The summed E-state index contributed by atoms with van der Waals surface area (Å²) < 4.78 is 0. The molecule has 0 bridgehead atoms. The Labute approximate surface area is 184 Å².